The third kappa shape index (κ3) is 4.59. The first-order valence-corrected chi connectivity index (χ1v) is 12.7. The van der Waals surface area contributed by atoms with Crippen LogP contribution in [-0.2, 0) is 10.5 Å². The first-order valence-electron chi connectivity index (χ1n) is 11.7. The molecule has 1 unspecified atom stereocenters. The highest BCUT2D eigenvalue weighted by molar-refractivity contribution is 7.98. The zero-order chi connectivity index (χ0) is 23.5. The Bertz CT molecular complexity index is 1240. The number of carbonyl (C=O) groups is 1. The molecule has 3 aromatic rings. The van der Waals surface area contributed by atoms with Crippen LogP contribution in [0.3, 0.4) is 0 Å². The maximum Gasteiger partial charge on any atom is 0.227 e. The fraction of sp³-hybridized carbons (Fsp3) is 0.346. The number of halogens is 1. The van der Waals surface area contributed by atoms with Crippen molar-refractivity contribution in [3.63, 3.8) is 0 Å². The number of fused-ring (bicyclic) bond motifs is 1. The van der Waals surface area contributed by atoms with Gasteiger partial charge in [0, 0.05) is 23.4 Å². The fourth-order valence-electron chi connectivity index (χ4n) is 4.37. The van der Waals surface area contributed by atoms with E-state index in [0.29, 0.717) is 35.4 Å². The summed E-state index contributed by atoms with van der Waals surface area (Å²) in [7, 11) is 0. The lowest BCUT2D eigenvalue weighted by Gasteiger charge is -2.32. The van der Waals surface area contributed by atoms with E-state index in [1.54, 1.807) is 16.8 Å². The smallest absolute Gasteiger partial charge is 0.227 e. The number of benzene rings is 2. The molecular weight excluding hydrogens is 451 g/mol. The van der Waals surface area contributed by atoms with Crippen LogP contribution in [-0.4, -0.2) is 27.2 Å². The molecule has 1 atom stereocenters. The Balaban J connectivity index is 1.48. The Kier molecular flexibility index (Phi) is 6.67. The summed E-state index contributed by atoms with van der Waals surface area (Å²) < 4.78 is 21.8. The van der Waals surface area contributed by atoms with Gasteiger partial charge >= 0.3 is 0 Å². The average Bonchev–Trinajstić information content (AvgIpc) is 3.25. The SMILES string of the molecule is CCCCOc1cccc(C2C3=C(CCCC3=O)Nc3nc(SCc4ccccc4F)nn32)c1. The Morgan fingerprint density at radius 2 is 2.09 bits per heavy atom. The second-order valence-corrected chi connectivity index (χ2v) is 9.46. The fourth-order valence-corrected chi connectivity index (χ4v) is 5.19. The molecule has 0 saturated heterocycles. The number of ether oxygens (including phenoxy) is 1. The van der Waals surface area contributed by atoms with Crippen LogP contribution in [0.2, 0.25) is 0 Å². The van der Waals surface area contributed by atoms with Gasteiger partial charge < -0.3 is 10.1 Å². The Hall–Kier alpha value is -3.13. The molecule has 2 aliphatic rings. The average molecular weight is 479 g/mol. The second-order valence-electron chi connectivity index (χ2n) is 8.51. The molecule has 0 saturated carbocycles. The summed E-state index contributed by atoms with van der Waals surface area (Å²) >= 11 is 1.38. The number of Topliss-reactive ketones (excluding diaryl/α,β-unsaturated/α-hetero) is 1. The number of hydrogen-bond donors (Lipinski definition) is 1. The summed E-state index contributed by atoms with van der Waals surface area (Å²) in [4.78, 5) is 17.7. The van der Waals surface area contributed by atoms with Gasteiger partial charge in [0.15, 0.2) is 5.78 Å². The predicted molar refractivity (Wildman–Crippen MR) is 130 cm³/mol. The maximum atomic E-state index is 14.1. The molecular formula is C26H27FN4O2S. The van der Waals surface area contributed by atoms with Crippen LogP contribution in [0.15, 0.2) is 65.0 Å². The topological polar surface area (TPSA) is 69.0 Å². The van der Waals surface area contributed by atoms with Gasteiger partial charge in [0.2, 0.25) is 11.1 Å². The molecule has 1 aliphatic carbocycles. The molecule has 34 heavy (non-hydrogen) atoms. The van der Waals surface area contributed by atoms with Crippen molar-refractivity contribution >= 4 is 23.5 Å². The second kappa shape index (κ2) is 10.0. The van der Waals surface area contributed by atoms with Crippen LogP contribution in [0.25, 0.3) is 0 Å². The maximum absolute atomic E-state index is 14.1. The zero-order valence-electron chi connectivity index (χ0n) is 19.1. The molecule has 1 N–H and O–H groups in total. The van der Waals surface area contributed by atoms with Crippen molar-refractivity contribution in [2.75, 3.05) is 11.9 Å². The molecule has 0 fully saturated rings. The van der Waals surface area contributed by atoms with Crippen molar-refractivity contribution < 1.29 is 13.9 Å². The third-order valence-corrected chi connectivity index (χ3v) is 6.99. The summed E-state index contributed by atoms with van der Waals surface area (Å²) in [5.74, 6) is 1.71. The molecule has 0 amide bonds. The van der Waals surface area contributed by atoms with Gasteiger partial charge in [-0.2, -0.15) is 4.98 Å². The third-order valence-electron chi connectivity index (χ3n) is 6.10. The number of anilines is 1. The minimum Gasteiger partial charge on any atom is -0.494 e. The summed E-state index contributed by atoms with van der Waals surface area (Å²) in [6.07, 6.45) is 4.20. The first kappa shape index (κ1) is 22.7. The van der Waals surface area contributed by atoms with Crippen LogP contribution < -0.4 is 10.1 Å². The van der Waals surface area contributed by atoms with Crippen LogP contribution in [0.4, 0.5) is 10.3 Å². The van der Waals surface area contributed by atoms with Gasteiger partial charge in [-0.1, -0.05) is 55.4 Å². The normalized spacial score (nSPS) is 17.2. The lowest BCUT2D eigenvalue weighted by molar-refractivity contribution is -0.116. The monoisotopic (exact) mass is 478 g/mol. The molecule has 0 radical (unpaired) electrons. The molecule has 0 bridgehead atoms. The lowest BCUT2D eigenvalue weighted by Crippen LogP contribution is -2.31. The van der Waals surface area contributed by atoms with Crippen LogP contribution in [0, 0.1) is 5.82 Å². The van der Waals surface area contributed by atoms with E-state index in [-0.39, 0.29) is 17.6 Å². The highest BCUT2D eigenvalue weighted by atomic mass is 32.2. The van der Waals surface area contributed by atoms with Crippen molar-refractivity contribution in [1.82, 2.24) is 14.8 Å². The van der Waals surface area contributed by atoms with Gasteiger partial charge in [-0.25, -0.2) is 9.07 Å². The summed E-state index contributed by atoms with van der Waals surface area (Å²) in [5, 5.41) is 8.63. The Labute approximate surface area is 202 Å². The molecule has 1 aromatic heterocycles. The van der Waals surface area contributed by atoms with Crippen molar-refractivity contribution in [3.8, 4) is 5.75 Å². The van der Waals surface area contributed by atoms with Crippen molar-refractivity contribution in [2.45, 2.75) is 56.0 Å². The number of aromatic nitrogens is 3. The summed E-state index contributed by atoms with van der Waals surface area (Å²) in [6.45, 7) is 2.79. The van der Waals surface area contributed by atoms with Gasteiger partial charge in [-0.3, -0.25) is 4.79 Å². The largest absolute Gasteiger partial charge is 0.494 e. The Morgan fingerprint density at radius 1 is 1.21 bits per heavy atom. The number of nitrogens with zero attached hydrogens (tertiary/aromatic N) is 3. The first-order chi connectivity index (χ1) is 16.6. The summed E-state index contributed by atoms with van der Waals surface area (Å²) in [5.41, 5.74) is 3.22. The van der Waals surface area contributed by atoms with E-state index in [4.69, 9.17) is 9.84 Å². The molecule has 176 valence electrons. The van der Waals surface area contributed by atoms with Gasteiger partial charge in [0.25, 0.3) is 0 Å². The van der Waals surface area contributed by atoms with Crippen LogP contribution >= 0.6 is 11.8 Å². The highest BCUT2D eigenvalue weighted by Crippen LogP contribution is 2.41. The van der Waals surface area contributed by atoms with Crippen molar-refractivity contribution in [2.24, 2.45) is 0 Å². The van der Waals surface area contributed by atoms with E-state index < -0.39 is 0 Å². The van der Waals surface area contributed by atoms with E-state index in [1.165, 1.54) is 17.8 Å². The number of allylic oxidation sites excluding steroid dienone is 2. The van der Waals surface area contributed by atoms with E-state index >= 15 is 0 Å². The number of rotatable bonds is 8. The quantitative estimate of drug-likeness (QED) is 0.321. The predicted octanol–water partition coefficient (Wildman–Crippen LogP) is 5.91. The van der Waals surface area contributed by atoms with Gasteiger partial charge in [-0.05, 0) is 48.6 Å². The minimum absolute atomic E-state index is 0.137. The Morgan fingerprint density at radius 3 is 2.94 bits per heavy atom. The van der Waals surface area contributed by atoms with E-state index in [1.807, 2.05) is 30.3 Å². The van der Waals surface area contributed by atoms with E-state index in [9.17, 15) is 9.18 Å². The van der Waals surface area contributed by atoms with Crippen LogP contribution in [0.5, 0.6) is 5.75 Å². The van der Waals surface area contributed by atoms with E-state index in [0.717, 1.165) is 48.3 Å². The number of ketones is 1. The molecule has 5 rings (SSSR count). The highest BCUT2D eigenvalue weighted by Gasteiger charge is 2.37. The van der Waals surface area contributed by atoms with E-state index in [2.05, 4.69) is 17.2 Å². The number of unbranched alkanes of at least 4 members (excludes halogenated alkanes) is 1. The standard InChI is InChI=1S/C26H27FN4O2S/c1-2-3-14-33-19-10-6-9-17(15-19)24-23-21(12-7-13-22(23)32)28-25-29-26(30-31(24)25)34-16-18-8-4-5-11-20(18)27/h4-6,8-11,15,24H,2-3,7,12-14,16H2,1H3,(H,28,29,30). The molecule has 6 nitrogen and oxygen atoms in total. The zero-order valence-corrected chi connectivity index (χ0v) is 19.9. The molecule has 1 aliphatic heterocycles. The number of carbonyl (C=O) groups excluding carboxylic acids is 1. The molecule has 0 spiro atoms. The van der Waals surface area contributed by atoms with Crippen molar-refractivity contribution in [1.29, 1.82) is 0 Å². The molecule has 2 heterocycles. The number of hydrogen-bond acceptors (Lipinski definition) is 6. The van der Waals surface area contributed by atoms with Gasteiger partial charge in [0.1, 0.15) is 17.6 Å². The van der Waals surface area contributed by atoms with Crippen LogP contribution in [0.1, 0.15) is 56.2 Å². The molecule has 8 heteroatoms. The number of thioether (sulfide) groups is 1. The molecule has 2 aromatic carbocycles. The lowest BCUT2D eigenvalue weighted by atomic mass is 9.85. The van der Waals surface area contributed by atoms with Crippen molar-refractivity contribution in [3.05, 3.63) is 76.7 Å². The van der Waals surface area contributed by atoms with Gasteiger partial charge in [0.05, 0.1) is 6.61 Å². The number of nitrogens with one attached hydrogen (secondary N) is 1. The summed E-state index contributed by atoms with van der Waals surface area (Å²) in [6, 6.07) is 14.2. The van der Waals surface area contributed by atoms with Gasteiger partial charge in [-0.15, -0.1) is 5.10 Å². The minimum atomic E-state index is -0.371.